The predicted molar refractivity (Wildman–Crippen MR) is 91.3 cm³/mol. The second-order valence-electron chi connectivity index (χ2n) is 7.62. The lowest BCUT2D eigenvalue weighted by atomic mass is 9.97. The number of amides is 3. The molecule has 1 atom stereocenters. The first-order valence-corrected chi connectivity index (χ1v) is 9.11. The first-order chi connectivity index (χ1) is 12.0. The van der Waals surface area contributed by atoms with Crippen molar-refractivity contribution >= 4 is 11.9 Å². The molecular formula is C19H24FN3O2. The third-order valence-corrected chi connectivity index (χ3v) is 6.00. The van der Waals surface area contributed by atoms with Gasteiger partial charge in [0, 0.05) is 32.2 Å². The zero-order valence-electron chi connectivity index (χ0n) is 14.6. The summed E-state index contributed by atoms with van der Waals surface area (Å²) in [6.07, 6.45) is 3.31. The number of rotatable bonds is 3. The highest BCUT2D eigenvalue weighted by Crippen LogP contribution is 2.39. The van der Waals surface area contributed by atoms with Crippen LogP contribution in [0, 0.1) is 5.82 Å². The molecule has 0 bridgehead atoms. The first kappa shape index (κ1) is 16.5. The zero-order chi connectivity index (χ0) is 17.6. The van der Waals surface area contributed by atoms with Crippen LogP contribution in [0.5, 0.6) is 0 Å². The lowest BCUT2D eigenvalue weighted by molar-refractivity contribution is -0.134. The van der Waals surface area contributed by atoms with E-state index in [9.17, 15) is 14.0 Å². The molecule has 0 saturated carbocycles. The van der Waals surface area contributed by atoms with Crippen LogP contribution in [0.3, 0.4) is 0 Å². The molecule has 3 amide bonds. The molecule has 4 rings (SSSR count). The molecule has 3 heterocycles. The smallest absolute Gasteiger partial charge is 0.310 e. The maximum absolute atomic E-state index is 13.0. The van der Waals surface area contributed by atoms with Gasteiger partial charge in [0.25, 0.3) is 5.91 Å². The Morgan fingerprint density at radius 3 is 2.44 bits per heavy atom. The molecule has 25 heavy (non-hydrogen) atoms. The Kier molecular flexibility index (Phi) is 4.02. The molecule has 6 heteroatoms. The average Bonchev–Trinajstić information content (AvgIpc) is 3.08. The highest BCUT2D eigenvalue weighted by atomic mass is 19.1. The Morgan fingerprint density at radius 1 is 1.12 bits per heavy atom. The lowest BCUT2D eigenvalue weighted by Gasteiger charge is -2.35. The molecule has 0 radical (unpaired) electrons. The van der Waals surface area contributed by atoms with Gasteiger partial charge in [0.15, 0.2) is 0 Å². The van der Waals surface area contributed by atoms with Crippen LogP contribution in [0.4, 0.5) is 9.18 Å². The van der Waals surface area contributed by atoms with Crippen LogP contribution in [0.15, 0.2) is 24.3 Å². The molecule has 3 fully saturated rings. The van der Waals surface area contributed by atoms with Crippen molar-refractivity contribution in [1.29, 1.82) is 0 Å². The molecule has 134 valence electrons. The zero-order valence-corrected chi connectivity index (χ0v) is 14.6. The molecule has 3 saturated heterocycles. The monoisotopic (exact) mass is 345 g/mol. The lowest BCUT2D eigenvalue weighted by Crippen LogP contribution is -2.48. The molecule has 3 aliphatic rings. The molecule has 5 nitrogen and oxygen atoms in total. The van der Waals surface area contributed by atoms with Crippen molar-refractivity contribution < 1.29 is 14.0 Å². The highest BCUT2D eigenvalue weighted by Gasteiger charge is 2.57. The Labute approximate surface area is 147 Å². The Bertz CT molecular complexity index is 684. The fourth-order valence-electron chi connectivity index (χ4n) is 4.47. The first-order valence-electron chi connectivity index (χ1n) is 9.11. The number of hydrogen-bond acceptors (Lipinski definition) is 3. The van der Waals surface area contributed by atoms with Gasteiger partial charge in [-0.05, 0) is 50.3 Å². The van der Waals surface area contributed by atoms with E-state index in [0.29, 0.717) is 6.54 Å². The number of carbonyl (C=O) groups excluding carboxylic acids is 2. The number of likely N-dealkylation sites (tertiary alicyclic amines) is 1. The Balaban J connectivity index is 1.38. The number of halogens is 1. The van der Waals surface area contributed by atoms with Gasteiger partial charge in [-0.25, -0.2) is 9.18 Å². The maximum Gasteiger partial charge on any atom is 0.327 e. The van der Waals surface area contributed by atoms with E-state index in [1.165, 1.54) is 17.0 Å². The van der Waals surface area contributed by atoms with Gasteiger partial charge >= 0.3 is 6.03 Å². The number of imide groups is 1. The number of urea groups is 1. The standard InChI is InChI=1S/C19H24FN3O2/c1-19-9-2-10-22(19)18(25)23(17(19)24)16-7-11-21(12-8-16)13-14-3-5-15(20)6-4-14/h3-6,16H,2,7-13H2,1H3/t19-/m0/s1. The van der Waals surface area contributed by atoms with E-state index >= 15 is 0 Å². The summed E-state index contributed by atoms with van der Waals surface area (Å²) in [5.74, 6) is -0.227. The van der Waals surface area contributed by atoms with Crippen molar-refractivity contribution in [2.75, 3.05) is 19.6 Å². The third kappa shape index (κ3) is 2.72. The fourth-order valence-corrected chi connectivity index (χ4v) is 4.47. The van der Waals surface area contributed by atoms with Crippen LogP contribution in [-0.4, -0.2) is 57.9 Å². The van der Waals surface area contributed by atoms with Crippen molar-refractivity contribution in [3.63, 3.8) is 0 Å². The number of piperidine rings is 1. The summed E-state index contributed by atoms with van der Waals surface area (Å²) in [5, 5.41) is 0. The molecule has 0 unspecified atom stereocenters. The van der Waals surface area contributed by atoms with Gasteiger partial charge in [0.1, 0.15) is 11.4 Å². The van der Waals surface area contributed by atoms with E-state index in [4.69, 9.17) is 0 Å². The van der Waals surface area contributed by atoms with Crippen LogP contribution in [-0.2, 0) is 11.3 Å². The number of hydrogen-bond donors (Lipinski definition) is 0. The van der Waals surface area contributed by atoms with Gasteiger partial charge < -0.3 is 4.90 Å². The molecule has 0 N–H and O–H groups in total. The predicted octanol–water partition coefficient (Wildman–Crippen LogP) is 2.61. The Morgan fingerprint density at radius 2 is 1.80 bits per heavy atom. The SMILES string of the molecule is C[C@@]12CCCN1C(=O)N(C1CCN(Cc3ccc(F)cc3)CC1)C2=O. The van der Waals surface area contributed by atoms with E-state index in [-0.39, 0.29) is 23.8 Å². The van der Waals surface area contributed by atoms with Crippen molar-refractivity contribution in [3.05, 3.63) is 35.6 Å². The second-order valence-corrected chi connectivity index (χ2v) is 7.62. The van der Waals surface area contributed by atoms with E-state index in [1.54, 1.807) is 4.90 Å². The topological polar surface area (TPSA) is 43.9 Å². The number of benzene rings is 1. The molecule has 0 aromatic heterocycles. The molecule has 3 aliphatic heterocycles. The van der Waals surface area contributed by atoms with Gasteiger partial charge in [-0.2, -0.15) is 0 Å². The normalized spacial score (nSPS) is 28.1. The van der Waals surface area contributed by atoms with Crippen LogP contribution < -0.4 is 0 Å². The minimum absolute atomic E-state index is 0.00638. The minimum Gasteiger partial charge on any atom is -0.310 e. The van der Waals surface area contributed by atoms with Crippen molar-refractivity contribution in [2.45, 2.75) is 50.7 Å². The van der Waals surface area contributed by atoms with Gasteiger partial charge in [-0.3, -0.25) is 14.6 Å². The number of nitrogens with zero attached hydrogens (tertiary/aromatic N) is 3. The molecule has 0 spiro atoms. The van der Waals surface area contributed by atoms with Crippen molar-refractivity contribution in [1.82, 2.24) is 14.7 Å². The summed E-state index contributed by atoms with van der Waals surface area (Å²) < 4.78 is 13.0. The summed E-state index contributed by atoms with van der Waals surface area (Å²) in [4.78, 5) is 31.1. The maximum atomic E-state index is 13.0. The molecule has 0 aliphatic carbocycles. The van der Waals surface area contributed by atoms with Gasteiger partial charge in [0.05, 0.1) is 0 Å². The summed E-state index contributed by atoms with van der Waals surface area (Å²) in [6.45, 7) is 5.06. The fraction of sp³-hybridized carbons (Fsp3) is 0.579. The summed E-state index contributed by atoms with van der Waals surface area (Å²) in [6, 6.07) is 6.50. The minimum atomic E-state index is -0.609. The largest absolute Gasteiger partial charge is 0.327 e. The van der Waals surface area contributed by atoms with Crippen LogP contribution >= 0.6 is 0 Å². The van der Waals surface area contributed by atoms with E-state index < -0.39 is 5.54 Å². The van der Waals surface area contributed by atoms with Crippen molar-refractivity contribution in [2.24, 2.45) is 0 Å². The summed E-state index contributed by atoms with van der Waals surface area (Å²) >= 11 is 0. The second kappa shape index (κ2) is 6.09. The third-order valence-electron chi connectivity index (χ3n) is 6.00. The number of fused-ring (bicyclic) bond motifs is 1. The average molecular weight is 345 g/mol. The van der Waals surface area contributed by atoms with Gasteiger partial charge in [-0.15, -0.1) is 0 Å². The van der Waals surface area contributed by atoms with E-state index in [2.05, 4.69) is 4.90 Å². The van der Waals surface area contributed by atoms with E-state index in [0.717, 1.165) is 50.9 Å². The summed E-state index contributed by atoms with van der Waals surface area (Å²) in [5.41, 5.74) is 0.476. The highest BCUT2D eigenvalue weighted by molar-refractivity contribution is 6.07. The molecule has 1 aromatic carbocycles. The van der Waals surface area contributed by atoms with Gasteiger partial charge in [0.2, 0.25) is 0 Å². The van der Waals surface area contributed by atoms with Crippen LogP contribution in [0.1, 0.15) is 38.2 Å². The van der Waals surface area contributed by atoms with Crippen LogP contribution in [0.25, 0.3) is 0 Å². The summed E-state index contributed by atoms with van der Waals surface area (Å²) in [7, 11) is 0. The number of carbonyl (C=O) groups is 2. The molecule has 1 aromatic rings. The van der Waals surface area contributed by atoms with Crippen molar-refractivity contribution in [3.8, 4) is 0 Å². The van der Waals surface area contributed by atoms with E-state index in [1.807, 2.05) is 19.1 Å². The quantitative estimate of drug-likeness (QED) is 0.791. The van der Waals surface area contributed by atoms with Crippen LogP contribution in [0.2, 0.25) is 0 Å². The Hall–Kier alpha value is -1.95. The molecular weight excluding hydrogens is 321 g/mol. The van der Waals surface area contributed by atoms with Gasteiger partial charge in [-0.1, -0.05) is 12.1 Å².